The highest BCUT2D eigenvalue weighted by Crippen LogP contribution is 2.27. The van der Waals surface area contributed by atoms with Crippen LogP contribution in [-0.2, 0) is 4.79 Å². The molecule has 2 atom stereocenters. The fourth-order valence-corrected chi connectivity index (χ4v) is 3.22. The van der Waals surface area contributed by atoms with Gasteiger partial charge in [0.1, 0.15) is 6.04 Å². The summed E-state index contributed by atoms with van der Waals surface area (Å²) in [5.74, 6) is 0.209. The lowest BCUT2D eigenvalue weighted by molar-refractivity contribution is -0.130. The summed E-state index contributed by atoms with van der Waals surface area (Å²) < 4.78 is 0. The summed E-state index contributed by atoms with van der Waals surface area (Å²) >= 11 is 0. The van der Waals surface area contributed by atoms with Crippen molar-refractivity contribution in [2.24, 2.45) is 0 Å². The van der Waals surface area contributed by atoms with Crippen LogP contribution in [0.5, 0.6) is 0 Å². The zero-order valence-electron chi connectivity index (χ0n) is 13.0. The van der Waals surface area contributed by atoms with E-state index < -0.39 is 0 Å². The quantitative estimate of drug-likeness (QED) is 0.869. The minimum atomic E-state index is -0.183. The number of nitrogens with one attached hydrogen (secondary N) is 1. The third-order valence-electron chi connectivity index (χ3n) is 4.64. The van der Waals surface area contributed by atoms with Crippen molar-refractivity contribution in [3.8, 4) is 0 Å². The van der Waals surface area contributed by atoms with E-state index in [1.807, 2.05) is 35.2 Å². The zero-order chi connectivity index (χ0) is 14.8. The van der Waals surface area contributed by atoms with Crippen LogP contribution in [0.1, 0.15) is 38.3 Å². The van der Waals surface area contributed by atoms with Gasteiger partial charge in [0.25, 0.3) is 0 Å². The predicted octanol–water partition coefficient (Wildman–Crippen LogP) is 1.99. The number of likely N-dealkylation sites (N-methyl/N-ethyl adjacent to an activating group) is 1. The summed E-state index contributed by atoms with van der Waals surface area (Å²) in [5.41, 5.74) is 1.06. The van der Waals surface area contributed by atoms with Gasteiger partial charge in [-0.25, -0.2) is 0 Å². The molecule has 4 nitrogen and oxygen atoms in total. The number of hydrogen-bond donors (Lipinski definition) is 1. The molecule has 0 bridgehead atoms. The monoisotopic (exact) mass is 287 g/mol. The van der Waals surface area contributed by atoms with Gasteiger partial charge in [-0.2, -0.15) is 0 Å². The molecule has 1 aromatic carbocycles. The molecule has 1 heterocycles. The number of benzene rings is 1. The number of carbonyl (C=O) groups excluding carboxylic acids is 1. The van der Waals surface area contributed by atoms with E-state index in [1.165, 1.54) is 12.8 Å². The second-order valence-corrected chi connectivity index (χ2v) is 6.08. The molecule has 114 valence electrons. The van der Waals surface area contributed by atoms with Gasteiger partial charge in [0.15, 0.2) is 0 Å². The van der Waals surface area contributed by atoms with E-state index in [-0.39, 0.29) is 18.1 Å². The summed E-state index contributed by atoms with van der Waals surface area (Å²) in [5, 5.41) is 3.41. The Labute approximate surface area is 127 Å². The maximum atomic E-state index is 12.6. The molecule has 3 rings (SSSR count). The fraction of sp³-hybridized carbons (Fsp3) is 0.588. The van der Waals surface area contributed by atoms with Gasteiger partial charge in [0.05, 0.1) is 6.17 Å². The molecule has 0 radical (unpaired) electrons. The molecule has 1 N–H and O–H groups in total. The summed E-state index contributed by atoms with van der Waals surface area (Å²) in [6, 6.07) is 10.6. The molecule has 0 spiro atoms. The Bertz CT molecular complexity index is 486. The first-order chi connectivity index (χ1) is 10.2. The SMILES string of the molecule is CCN(CCN1C(=O)C(c2ccccc2)NC1C)C1CC1. The zero-order valence-corrected chi connectivity index (χ0v) is 13.0. The highest BCUT2D eigenvalue weighted by Gasteiger charge is 2.37. The number of nitrogens with zero attached hydrogens (tertiary/aromatic N) is 2. The largest absolute Gasteiger partial charge is 0.324 e. The van der Waals surface area contributed by atoms with Gasteiger partial charge in [-0.15, -0.1) is 0 Å². The molecule has 2 fully saturated rings. The number of carbonyl (C=O) groups is 1. The van der Waals surface area contributed by atoms with E-state index >= 15 is 0 Å². The number of rotatable bonds is 6. The van der Waals surface area contributed by atoms with Gasteiger partial charge in [-0.05, 0) is 31.9 Å². The molecule has 21 heavy (non-hydrogen) atoms. The molecular weight excluding hydrogens is 262 g/mol. The van der Waals surface area contributed by atoms with Gasteiger partial charge in [0, 0.05) is 19.1 Å². The van der Waals surface area contributed by atoms with Gasteiger partial charge < -0.3 is 4.90 Å². The standard InChI is InChI=1S/C17H25N3O/c1-3-19(15-9-10-15)11-12-20-13(2)18-16(17(20)21)14-7-5-4-6-8-14/h4-8,13,15-16,18H,3,9-12H2,1-2H3. The molecule has 2 aliphatic rings. The van der Waals surface area contributed by atoms with Crippen LogP contribution in [0, 0.1) is 0 Å². The molecule has 1 saturated carbocycles. The van der Waals surface area contributed by atoms with Gasteiger partial charge in [-0.3, -0.25) is 15.0 Å². The minimum absolute atomic E-state index is 0.112. The maximum Gasteiger partial charge on any atom is 0.245 e. The van der Waals surface area contributed by atoms with Crippen LogP contribution >= 0.6 is 0 Å². The Balaban J connectivity index is 1.62. The van der Waals surface area contributed by atoms with E-state index in [0.717, 1.165) is 31.2 Å². The third kappa shape index (κ3) is 3.11. The molecule has 4 heteroatoms. The van der Waals surface area contributed by atoms with Crippen molar-refractivity contribution in [2.75, 3.05) is 19.6 Å². The van der Waals surface area contributed by atoms with Crippen molar-refractivity contribution in [2.45, 2.75) is 44.9 Å². The molecule has 0 aromatic heterocycles. The smallest absolute Gasteiger partial charge is 0.245 e. The van der Waals surface area contributed by atoms with Gasteiger partial charge in [0.2, 0.25) is 5.91 Å². The Morgan fingerprint density at radius 1 is 1.29 bits per heavy atom. The second-order valence-electron chi connectivity index (χ2n) is 6.08. The third-order valence-corrected chi connectivity index (χ3v) is 4.64. The lowest BCUT2D eigenvalue weighted by atomic mass is 10.1. The Kier molecular flexibility index (Phi) is 4.27. The van der Waals surface area contributed by atoms with Crippen molar-refractivity contribution >= 4 is 5.91 Å². The molecular formula is C17H25N3O. The van der Waals surface area contributed by atoms with Crippen molar-refractivity contribution in [1.82, 2.24) is 15.1 Å². The first kappa shape index (κ1) is 14.5. The van der Waals surface area contributed by atoms with Crippen LogP contribution in [0.2, 0.25) is 0 Å². The lowest BCUT2D eigenvalue weighted by Gasteiger charge is -2.26. The Hall–Kier alpha value is -1.39. The van der Waals surface area contributed by atoms with E-state index in [0.29, 0.717) is 0 Å². The van der Waals surface area contributed by atoms with Gasteiger partial charge >= 0.3 is 0 Å². The number of hydrogen-bond acceptors (Lipinski definition) is 3. The van der Waals surface area contributed by atoms with Gasteiger partial charge in [-0.1, -0.05) is 37.3 Å². The first-order valence-corrected chi connectivity index (χ1v) is 8.06. The molecule has 1 amide bonds. The Morgan fingerprint density at radius 2 is 2.00 bits per heavy atom. The van der Waals surface area contributed by atoms with Crippen LogP contribution in [0.15, 0.2) is 30.3 Å². The highest BCUT2D eigenvalue weighted by molar-refractivity contribution is 5.85. The summed E-state index contributed by atoms with van der Waals surface area (Å²) in [4.78, 5) is 17.1. The van der Waals surface area contributed by atoms with E-state index in [4.69, 9.17) is 0 Å². The minimum Gasteiger partial charge on any atom is -0.324 e. The molecule has 1 aromatic rings. The van der Waals surface area contributed by atoms with Crippen LogP contribution in [0.4, 0.5) is 0 Å². The number of amides is 1. The molecule has 1 saturated heterocycles. The molecule has 1 aliphatic carbocycles. The topological polar surface area (TPSA) is 35.6 Å². The lowest BCUT2D eigenvalue weighted by Crippen LogP contribution is -2.41. The average Bonchev–Trinajstić information content (AvgIpc) is 3.30. The first-order valence-electron chi connectivity index (χ1n) is 8.06. The van der Waals surface area contributed by atoms with Crippen molar-refractivity contribution in [3.63, 3.8) is 0 Å². The van der Waals surface area contributed by atoms with E-state index in [1.54, 1.807) is 0 Å². The van der Waals surface area contributed by atoms with Crippen molar-refractivity contribution < 1.29 is 4.79 Å². The van der Waals surface area contributed by atoms with Crippen molar-refractivity contribution in [3.05, 3.63) is 35.9 Å². The van der Waals surface area contributed by atoms with E-state index in [9.17, 15) is 4.79 Å². The maximum absolute atomic E-state index is 12.6. The van der Waals surface area contributed by atoms with Crippen molar-refractivity contribution in [1.29, 1.82) is 0 Å². The summed E-state index contributed by atoms with van der Waals surface area (Å²) in [6.07, 6.45) is 2.75. The summed E-state index contributed by atoms with van der Waals surface area (Å²) in [6.45, 7) is 7.17. The average molecular weight is 287 g/mol. The van der Waals surface area contributed by atoms with Crippen LogP contribution in [0.3, 0.4) is 0 Å². The highest BCUT2D eigenvalue weighted by atomic mass is 16.2. The summed E-state index contributed by atoms with van der Waals surface area (Å²) in [7, 11) is 0. The van der Waals surface area contributed by atoms with Crippen LogP contribution < -0.4 is 5.32 Å². The van der Waals surface area contributed by atoms with Crippen LogP contribution in [0.25, 0.3) is 0 Å². The normalized spacial score (nSPS) is 25.9. The Morgan fingerprint density at radius 3 is 2.62 bits per heavy atom. The fourth-order valence-electron chi connectivity index (χ4n) is 3.22. The van der Waals surface area contributed by atoms with E-state index in [2.05, 4.69) is 24.1 Å². The van der Waals surface area contributed by atoms with Crippen LogP contribution in [-0.4, -0.2) is 47.5 Å². The predicted molar refractivity (Wildman–Crippen MR) is 83.8 cm³/mol. The second kappa shape index (κ2) is 6.16. The molecule has 1 aliphatic heterocycles. The molecule has 2 unspecified atom stereocenters.